The van der Waals surface area contributed by atoms with E-state index < -0.39 is 11.8 Å². The molecular weight excluding hydrogens is 339 g/mol. The zero-order valence-electron chi connectivity index (χ0n) is 11.8. The highest BCUT2D eigenvalue weighted by Gasteiger charge is 2.13. The van der Waals surface area contributed by atoms with Crippen molar-refractivity contribution in [2.45, 2.75) is 0 Å². The average molecular weight is 351 g/mol. The SMILES string of the molecule is C=CC(=O)Nc1ccc(O)c(C(=O)Nc2ccc(Cl)c(Cl)c2)c1. The lowest BCUT2D eigenvalue weighted by Crippen LogP contribution is -2.13. The fraction of sp³-hybridized carbons (Fsp3) is 0. The maximum absolute atomic E-state index is 12.3. The van der Waals surface area contributed by atoms with Gasteiger partial charge < -0.3 is 15.7 Å². The summed E-state index contributed by atoms with van der Waals surface area (Å²) in [6.45, 7) is 3.34. The van der Waals surface area contributed by atoms with Crippen molar-refractivity contribution in [2.24, 2.45) is 0 Å². The third-order valence-corrected chi connectivity index (χ3v) is 3.61. The largest absolute Gasteiger partial charge is 0.507 e. The van der Waals surface area contributed by atoms with Crippen LogP contribution in [0.3, 0.4) is 0 Å². The Hall–Kier alpha value is -2.50. The Kier molecular flexibility index (Phi) is 5.26. The van der Waals surface area contributed by atoms with E-state index in [1.165, 1.54) is 24.3 Å². The maximum Gasteiger partial charge on any atom is 0.259 e. The number of phenols is 1. The summed E-state index contributed by atoms with van der Waals surface area (Å²) in [4.78, 5) is 23.5. The van der Waals surface area contributed by atoms with E-state index in [-0.39, 0.29) is 11.3 Å². The van der Waals surface area contributed by atoms with Crippen molar-refractivity contribution in [2.75, 3.05) is 10.6 Å². The molecule has 0 saturated heterocycles. The number of halogens is 2. The van der Waals surface area contributed by atoms with Crippen LogP contribution in [0.1, 0.15) is 10.4 Å². The zero-order valence-corrected chi connectivity index (χ0v) is 13.3. The average Bonchev–Trinajstić information content (AvgIpc) is 2.52. The molecule has 2 aromatic carbocycles. The molecule has 7 heteroatoms. The lowest BCUT2D eigenvalue weighted by molar-refractivity contribution is -0.111. The lowest BCUT2D eigenvalue weighted by atomic mass is 10.1. The summed E-state index contributed by atoms with van der Waals surface area (Å²) in [6, 6.07) is 8.73. The van der Waals surface area contributed by atoms with Crippen LogP contribution in [0.25, 0.3) is 0 Å². The predicted molar refractivity (Wildman–Crippen MR) is 91.3 cm³/mol. The summed E-state index contributed by atoms with van der Waals surface area (Å²) in [5, 5.41) is 15.6. The highest BCUT2D eigenvalue weighted by molar-refractivity contribution is 6.42. The van der Waals surface area contributed by atoms with Crippen molar-refractivity contribution in [3.8, 4) is 5.75 Å². The van der Waals surface area contributed by atoms with Gasteiger partial charge in [-0.25, -0.2) is 0 Å². The van der Waals surface area contributed by atoms with Gasteiger partial charge in [0.2, 0.25) is 5.91 Å². The number of nitrogens with one attached hydrogen (secondary N) is 2. The second-order valence-corrected chi connectivity index (χ2v) is 5.32. The molecule has 2 amide bonds. The molecule has 2 aromatic rings. The van der Waals surface area contributed by atoms with Gasteiger partial charge in [-0.1, -0.05) is 29.8 Å². The number of aromatic hydroxyl groups is 1. The summed E-state index contributed by atoms with van der Waals surface area (Å²) in [7, 11) is 0. The molecule has 118 valence electrons. The molecule has 5 nitrogen and oxygen atoms in total. The normalized spacial score (nSPS) is 10.0. The Bertz CT molecular complexity index is 791. The number of carbonyl (C=O) groups is 2. The molecule has 0 aromatic heterocycles. The molecule has 0 fully saturated rings. The Morgan fingerprint density at radius 1 is 1.00 bits per heavy atom. The monoisotopic (exact) mass is 350 g/mol. The number of rotatable bonds is 4. The zero-order chi connectivity index (χ0) is 17.0. The number of hydrogen-bond donors (Lipinski definition) is 3. The summed E-state index contributed by atoms with van der Waals surface area (Å²) in [5.41, 5.74) is 0.772. The highest BCUT2D eigenvalue weighted by Crippen LogP contribution is 2.27. The highest BCUT2D eigenvalue weighted by atomic mass is 35.5. The number of amides is 2. The molecule has 0 aliphatic heterocycles. The quantitative estimate of drug-likeness (QED) is 0.574. The minimum absolute atomic E-state index is 0.00191. The molecule has 0 atom stereocenters. The van der Waals surface area contributed by atoms with Crippen molar-refractivity contribution in [3.63, 3.8) is 0 Å². The van der Waals surface area contributed by atoms with Crippen LogP contribution in [0.15, 0.2) is 49.1 Å². The summed E-state index contributed by atoms with van der Waals surface area (Å²) < 4.78 is 0. The van der Waals surface area contributed by atoms with E-state index in [0.29, 0.717) is 21.4 Å². The van der Waals surface area contributed by atoms with Crippen LogP contribution >= 0.6 is 23.2 Å². The number of benzene rings is 2. The maximum atomic E-state index is 12.3. The molecule has 3 N–H and O–H groups in total. The van der Waals surface area contributed by atoms with E-state index in [0.717, 1.165) is 6.08 Å². The van der Waals surface area contributed by atoms with Crippen LogP contribution < -0.4 is 10.6 Å². The van der Waals surface area contributed by atoms with Crippen molar-refractivity contribution in [3.05, 3.63) is 64.7 Å². The van der Waals surface area contributed by atoms with Crippen LogP contribution in [-0.2, 0) is 4.79 Å². The molecule has 23 heavy (non-hydrogen) atoms. The van der Waals surface area contributed by atoms with Crippen molar-refractivity contribution in [1.29, 1.82) is 0 Å². The summed E-state index contributed by atoms with van der Waals surface area (Å²) in [6.07, 6.45) is 1.10. The Morgan fingerprint density at radius 2 is 1.65 bits per heavy atom. The first-order chi connectivity index (χ1) is 10.9. The molecule has 2 rings (SSSR count). The Morgan fingerprint density at radius 3 is 2.30 bits per heavy atom. The second kappa shape index (κ2) is 7.17. The fourth-order valence-corrected chi connectivity index (χ4v) is 2.06. The van der Waals surface area contributed by atoms with Crippen molar-refractivity contribution >= 4 is 46.4 Å². The molecule has 0 unspecified atom stereocenters. The van der Waals surface area contributed by atoms with E-state index in [9.17, 15) is 14.7 Å². The molecule has 0 radical (unpaired) electrons. The van der Waals surface area contributed by atoms with Gasteiger partial charge in [-0.15, -0.1) is 0 Å². The van der Waals surface area contributed by atoms with Gasteiger partial charge in [0, 0.05) is 11.4 Å². The second-order valence-electron chi connectivity index (χ2n) is 4.51. The Labute approximate surface area is 142 Å². The van der Waals surface area contributed by atoms with Gasteiger partial charge in [-0.2, -0.15) is 0 Å². The molecule has 0 heterocycles. The standard InChI is InChI=1S/C16H12Cl2N2O3/c1-2-15(22)19-9-4-6-14(21)11(7-9)16(23)20-10-3-5-12(17)13(18)8-10/h2-8,21H,1H2,(H,19,22)(H,20,23). The smallest absolute Gasteiger partial charge is 0.259 e. The van der Waals surface area contributed by atoms with Crippen LogP contribution in [-0.4, -0.2) is 16.9 Å². The third-order valence-electron chi connectivity index (χ3n) is 2.87. The van der Waals surface area contributed by atoms with Crippen LogP contribution in [0, 0.1) is 0 Å². The summed E-state index contributed by atoms with van der Waals surface area (Å²) >= 11 is 11.7. The number of carbonyl (C=O) groups excluding carboxylic acids is 2. The fourth-order valence-electron chi connectivity index (χ4n) is 1.76. The van der Waals surface area contributed by atoms with Gasteiger partial charge in [0.05, 0.1) is 15.6 Å². The third kappa shape index (κ3) is 4.25. The van der Waals surface area contributed by atoms with E-state index in [2.05, 4.69) is 17.2 Å². The van der Waals surface area contributed by atoms with Crippen molar-refractivity contribution < 1.29 is 14.7 Å². The van der Waals surface area contributed by atoms with Gasteiger partial charge >= 0.3 is 0 Å². The van der Waals surface area contributed by atoms with E-state index in [1.807, 2.05) is 0 Å². The Balaban J connectivity index is 2.23. The number of hydrogen-bond acceptors (Lipinski definition) is 3. The first-order valence-electron chi connectivity index (χ1n) is 6.43. The molecule has 0 spiro atoms. The summed E-state index contributed by atoms with van der Waals surface area (Å²) in [5.74, 6) is -1.21. The van der Waals surface area contributed by atoms with Crippen molar-refractivity contribution in [1.82, 2.24) is 0 Å². The van der Waals surface area contributed by atoms with Gasteiger partial charge in [0.15, 0.2) is 0 Å². The van der Waals surface area contributed by atoms with Gasteiger partial charge in [0.1, 0.15) is 5.75 Å². The number of anilines is 2. The predicted octanol–water partition coefficient (Wildman–Crippen LogP) is 4.08. The van der Waals surface area contributed by atoms with E-state index in [1.54, 1.807) is 12.1 Å². The first-order valence-corrected chi connectivity index (χ1v) is 7.19. The first kappa shape index (κ1) is 16.9. The van der Waals surface area contributed by atoms with Crippen LogP contribution in [0.4, 0.5) is 11.4 Å². The lowest BCUT2D eigenvalue weighted by Gasteiger charge is -2.10. The van der Waals surface area contributed by atoms with Gasteiger partial charge in [0.25, 0.3) is 5.91 Å². The topological polar surface area (TPSA) is 78.4 Å². The van der Waals surface area contributed by atoms with Gasteiger partial charge in [-0.05, 0) is 42.5 Å². The molecule has 0 aliphatic carbocycles. The molecule has 0 saturated carbocycles. The van der Waals surface area contributed by atoms with Gasteiger partial charge in [-0.3, -0.25) is 9.59 Å². The molecule has 0 aliphatic rings. The minimum Gasteiger partial charge on any atom is -0.507 e. The van der Waals surface area contributed by atoms with E-state index >= 15 is 0 Å². The van der Waals surface area contributed by atoms with E-state index in [4.69, 9.17) is 23.2 Å². The minimum atomic E-state index is -0.560. The van der Waals surface area contributed by atoms with Crippen LogP contribution in [0.2, 0.25) is 10.0 Å². The van der Waals surface area contributed by atoms with Crippen LogP contribution in [0.5, 0.6) is 5.75 Å². The molecule has 0 bridgehead atoms. The molecular formula is C16H12Cl2N2O3. The number of phenolic OH excluding ortho intramolecular Hbond substituents is 1.